The Bertz CT molecular complexity index is 719. The van der Waals surface area contributed by atoms with Gasteiger partial charge in [0.1, 0.15) is 5.82 Å². The van der Waals surface area contributed by atoms with Crippen LogP contribution in [0, 0.1) is 5.82 Å². The molecule has 1 amide bonds. The fourth-order valence-electron chi connectivity index (χ4n) is 1.73. The summed E-state index contributed by atoms with van der Waals surface area (Å²) in [5, 5.41) is 14.1. The predicted octanol–water partition coefficient (Wildman–Crippen LogP) is 2.94. The minimum atomic E-state index is -0.560. The first kappa shape index (κ1) is 15.0. The first-order chi connectivity index (χ1) is 10.0. The fourth-order valence-corrected chi connectivity index (χ4v) is 2.19. The van der Waals surface area contributed by atoms with E-state index < -0.39 is 11.7 Å². The summed E-state index contributed by atoms with van der Waals surface area (Å²) < 4.78 is 13.9. The Balaban J connectivity index is 2.36. The maximum Gasteiger partial charge on any atom is 0.256 e. The van der Waals surface area contributed by atoms with Crippen molar-refractivity contribution in [2.24, 2.45) is 10.9 Å². The van der Waals surface area contributed by atoms with Crippen LogP contribution in [0.1, 0.15) is 15.9 Å². The normalized spacial score (nSPS) is 11.2. The third-order valence-corrected chi connectivity index (χ3v) is 3.42. The number of rotatable bonds is 3. The molecule has 2 aromatic carbocycles. The second-order valence-corrected chi connectivity index (χ2v) is 4.96. The van der Waals surface area contributed by atoms with Crippen LogP contribution in [0.5, 0.6) is 0 Å². The Kier molecular flexibility index (Phi) is 4.54. The molecule has 0 fully saturated rings. The Labute approximate surface area is 128 Å². The summed E-state index contributed by atoms with van der Waals surface area (Å²) in [6.45, 7) is 0. The number of carbonyl (C=O) groups excluding carboxylic acids is 1. The van der Waals surface area contributed by atoms with Crippen LogP contribution >= 0.6 is 15.9 Å². The molecule has 0 atom stereocenters. The number of benzene rings is 2. The van der Waals surface area contributed by atoms with Gasteiger partial charge in [-0.1, -0.05) is 17.3 Å². The molecule has 0 unspecified atom stereocenters. The number of oxime groups is 1. The van der Waals surface area contributed by atoms with E-state index in [2.05, 4.69) is 26.4 Å². The van der Waals surface area contributed by atoms with Crippen LogP contribution in [-0.4, -0.2) is 17.0 Å². The number of hydrogen-bond donors (Lipinski definition) is 3. The molecule has 108 valence electrons. The van der Waals surface area contributed by atoms with E-state index in [-0.39, 0.29) is 17.1 Å². The molecular formula is C14H11BrFN3O2. The lowest BCUT2D eigenvalue weighted by molar-refractivity contribution is 0.102. The van der Waals surface area contributed by atoms with Crippen LogP contribution in [0.2, 0.25) is 0 Å². The second kappa shape index (κ2) is 6.36. The molecule has 0 saturated heterocycles. The number of hydrogen-bond acceptors (Lipinski definition) is 3. The number of nitrogens with one attached hydrogen (secondary N) is 1. The van der Waals surface area contributed by atoms with Gasteiger partial charge in [0.2, 0.25) is 0 Å². The second-order valence-electron chi connectivity index (χ2n) is 4.11. The number of nitrogens with two attached hydrogens (primary N) is 1. The lowest BCUT2D eigenvalue weighted by atomic mass is 10.1. The van der Waals surface area contributed by atoms with Crippen molar-refractivity contribution in [2.75, 3.05) is 5.32 Å². The maximum atomic E-state index is 13.3. The fraction of sp³-hybridized carbons (Fsp3) is 0. The summed E-state index contributed by atoms with van der Waals surface area (Å²) in [7, 11) is 0. The summed E-state index contributed by atoms with van der Waals surface area (Å²) in [4.78, 5) is 12.2. The molecule has 2 rings (SSSR count). The van der Waals surface area contributed by atoms with Gasteiger partial charge in [0.15, 0.2) is 5.84 Å². The smallest absolute Gasteiger partial charge is 0.256 e. The lowest BCUT2D eigenvalue weighted by Gasteiger charge is -2.11. The van der Waals surface area contributed by atoms with E-state index >= 15 is 0 Å². The van der Waals surface area contributed by atoms with E-state index in [4.69, 9.17) is 10.9 Å². The van der Waals surface area contributed by atoms with Crippen molar-refractivity contribution >= 4 is 33.4 Å². The Morgan fingerprint density at radius 3 is 2.62 bits per heavy atom. The van der Waals surface area contributed by atoms with E-state index in [1.807, 2.05) is 0 Å². The first-order valence-corrected chi connectivity index (χ1v) is 6.65. The van der Waals surface area contributed by atoms with Gasteiger partial charge in [-0.3, -0.25) is 4.79 Å². The SMILES string of the molecule is N/C(=N/O)c1cc(F)ccc1NC(=O)c1ccccc1Br. The van der Waals surface area contributed by atoms with Gasteiger partial charge in [-0.15, -0.1) is 0 Å². The van der Waals surface area contributed by atoms with Crippen LogP contribution in [0.25, 0.3) is 0 Å². The largest absolute Gasteiger partial charge is 0.409 e. The highest BCUT2D eigenvalue weighted by atomic mass is 79.9. The van der Waals surface area contributed by atoms with Crippen LogP contribution in [0.3, 0.4) is 0 Å². The van der Waals surface area contributed by atoms with Crippen LogP contribution in [-0.2, 0) is 0 Å². The van der Waals surface area contributed by atoms with E-state index in [1.54, 1.807) is 24.3 Å². The molecular weight excluding hydrogens is 341 g/mol. The average Bonchev–Trinajstić information content (AvgIpc) is 2.48. The van der Waals surface area contributed by atoms with Crippen molar-refractivity contribution in [3.63, 3.8) is 0 Å². The maximum absolute atomic E-state index is 13.3. The number of carbonyl (C=O) groups is 1. The summed E-state index contributed by atoms with van der Waals surface area (Å²) in [5.41, 5.74) is 6.23. The van der Waals surface area contributed by atoms with Gasteiger partial charge in [0.25, 0.3) is 5.91 Å². The molecule has 0 aliphatic heterocycles. The van der Waals surface area contributed by atoms with E-state index in [1.165, 1.54) is 12.1 Å². The molecule has 0 heterocycles. The molecule has 0 spiro atoms. The lowest BCUT2D eigenvalue weighted by Crippen LogP contribution is -2.19. The van der Waals surface area contributed by atoms with Crippen LogP contribution in [0.4, 0.5) is 10.1 Å². The Morgan fingerprint density at radius 1 is 1.24 bits per heavy atom. The molecule has 0 aliphatic rings. The van der Waals surface area contributed by atoms with Crippen molar-refractivity contribution in [2.45, 2.75) is 0 Å². The molecule has 21 heavy (non-hydrogen) atoms. The molecule has 0 bridgehead atoms. The zero-order chi connectivity index (χ0) is 15.4. The molecule has 2 aromatic rings. The third kappa shape index (κ3) is 3.38. The quantitative estimate of drug-likeness (QED) is 0.344. The highest BCUT2D eigenvalue weighted by molar-refractivity contribution is 9.10. The molecule has 4 N–H and O–H groups in total. The van der Waals surface area contributed by atoms with Crippen LogP contribution < -0.4 is 11.1 Å². The van der Waals surface area contributed by atoms with Gasteiger partial charge in [0, 0.05) is 10.0 Å². The Morgan fingerprint density at radius 2 is 1.95 bits per heavy atom. The molecule has 0 saturated carbocycles. The third-order valence-electron chi connectivity index (χ3n) is 2.73. The summed E-state index contributed by atoms with van der Waals surface area (Å²) in [5.74, 6) is -1.26. The summed E-state index contributed by atoms with van der Waals surface area (Å²) in [6.07, 6.45) is 0. The molecule has 0 radical (unpaired) electrons. The van der Waals surface area contributed by atoms with Gasteiger partial charge >= 0.3 is 0 Å². The number of nitrogens with zero attached hydrogens (tertiary/aromatic N) is 1. The van der Waals surface area contributed by atoms with Crippen molar-refractivity contribution < 1.29 is 14.4 Å². The van der Waals surface area contributed by atoms with Gasteiger partial charge < -0.3 is 16.3 Å². The number of halogens is 2. The van der Waals surface area contributed by atoms with E-state index in [0.717, 1.165) is 6.07 Å². The molecule has 5 nitrogen and oxygen atoms in total. The summed E-state index contributed by atoms with van der Waals surface area (Å²) >= 11 is 3.27. The van der Waals surface area contributed by atoms with Crippen molar-refractivity contribution in [3.05, 3.63) is 63.9 Å². The summed E-state index contributed by atoms with van der Waals surface area (Å²) in [6, 6.07) is 10.4. The molecule has 7 heteroatoms. The number of amides is 1. The zero-order valence-electron chi connectivity index (χ0n) is 10.7. The number of anilines is 1. The highest BCUT2D eigenvalue weighted by Crippen LogP contribution is 2.21. The zero-order valence-corrected chi connectivity index (χ0v) is 12.3. The standard InChI is InChI=1S/C14H11BrFN3O2/c15-11-4-2-1-3-9(11)14(20)18-12-6-5-8(16)7-10(12)13(17)19-21/h1-7,21H,(H2,17,19)(H,18,20). The monoisotopic (exact) mass is 351 g/mol. The van der Waals surface area contributed by atoms with Crippen molar-refractivity contribution in [1.82, 2.24) is 0 Å². The molecule has 0 aromatic heterocycles. The highest BCUT2D eigenvalue weighted by Gasteiger charge is 2.14. The minimum Gasteiger partial charge on any atom is -0.409 e. The van der Waals surface area contributed by atoms with Gasteiger partial charge in [0.05, 0.1) is 11.3 Å². The van der Waals surface area contributed by atoms with Gasteiger partial charge in [-0.25, -0.2) is 4.39 Å². The number of amidine groups is 1. The van der Waals surface area contributed by atoms with Crippen LogP contribution in [0.15, 0.2) is 52.1 Å². The Hall–Kier alpha value is -2.41. The minimum absolute atomic E-state index is 0.0953. The first-order valence-electron chi connectivity index (χ1n) is 5.86. The molecule has 0 aliphatic carbocycles. The topological polar surface area (TPSA) is 87.7 Å². The van der Waals surface area contributed by atoms with Crippen molar-refractivity contribution in [1.29, 1.82) is 0 Å². The van der Waals surface area contributed by atoms with E-state index in [9.17, 15) is 9.18 Å². The predicted molar refractivity (Wildman–Crippen MR) is 81.0 cm³/mol. The van der Waals surface area contributed by atoms with Crippen molar-refractivity contribution in [3.8, 4) is 0 Å². The van der Waals surface area contributed by atoms with Gasteiger partial charge in [-0.2, -0.15) is 0 Å². The van der Waals surface area contributed by atoms with Gasteiger partial charge in [-0.05, 0) is 46.3 Å². The average molecular weight is 352 g/mol. The van der Waals surface area contributed by atoms with E-state index in [0.29, 0.717) is 10.0 Å².